The zero-order valence-corrected chi connectivity index (χ0v) is 16.7. The van der Waals surface area contributed by atoms with E-state index in [1.807, 2.05) is 17.8 Å². The van der Waals surface area contributed by atoms with Gasteiger partial charge in [-0.05, 0) is 38.0 Å². The van der Waals surface area contributed by atoms with Crippen LogP contribution in [0.1, 0.15) is 56.7 Å². The number of allylic oxidation sites excluding steroid dienone is 2. The van der Waals surface area contributed by atoms with Crippen LogP contribution in [-0.4, -0.2) is 14.9 Å². The summed E-state index contributed by atoms with van der Waals surface area (Å²) in [6, 6.07) is 12.8. The van der Waals surface area contributed by atoms with Crippen molar-refractivity contribution in [3.05, 3.63) is 52.9 Å². The minimum atomic E-state index is -0.222. The van der Waals surface area contributed by atoms with E-state index in [4.69, 9.17) is 5.10 Å². The Kier molecular flexibility index (Phi) is 3.75. The van der Waals surface area contributed by atoms with Crippen molar-refractivity contribution in [3.63, 3.8) is 0 Å². The molecule has 144 valence electrons. The van der Waals surface area contributed by atoms with E-state index < -0.39 is 0 Å². The summed E-state index contributed by atoms with van der Waals surface area (Å²) in [5.41, 5.74) is 5.05. The third kappa shape index (κ3) is 2.13. The average Bonchev–Trinajstić information content (AvgIpc) is 3.31. The highest BCUT2D eigenvalue weighted by molar-refractivity contribution is 5.66. The van der Waals surface area contributed by atoms with Crippen LogP contribution in [0.4, 0.5) is 0 Å². The lowest BCUT2D eigenvalue weighted by molar-refractivity contribution is 0.0396. The molecule has 1 N–H and O–H groups in total. The van der Waals surface area contributed by atoms with Gasteiger partial charge in [0.1, 0.15) is 5.76 Å². The van der Waals surface area contributed by atoms with E-state index in [9.17, 15) is 10.4 Å². The Bertz CT molecular complexity index is 1000. The zero-order valence-electron chi connectivity index (χ0n) is 16.7. The third-order valence-corrected chi connectivity index (χ3v) is 7.78. The maximum absolute atomic E-state index is 11.1. The minimum absolute atomic E-state index is 0.194. The predicted octanol–water partition coefficient (Wildman–Crippen LogP) is 5.21. The van der Waals surface area contributed by atoms with Crippen molar-refractivity contribution >= 4 is 0 Å². The van der Waals surface area contributed by atoms with Crippen molar-refractivity contribution in [1.82, 2.24) is 9.78 Å². The van der Waals surface area contributed by atoms with Gasteiger partial charge < -0.3 is 5.11 Å². The summed E-state index contributed by atoms with van der Waals surface area (Å²) in [4.78, 5) is 0. The van der Waals surface area contributed by atoms with Crippen LogP contribution in [-0.2, 0) is 18.9 Å². The van der Waals surface area contributed by atoms with Crippen molar-refractivity contribution in [1.29, 1.82) is 5.26 Å². The molecule has 1 heterocycles. The van der Waals surface area contributed by atoms with Crippen LogP contribution in [0.2, 0.25) is 0 Å². The van der Waals surface area contributed by atoms with E-state index in [1.165, 1.54) is 16.8 Å². The van der Waals surface area contributed by atoms with E-state index in [0.29, 0.717) is 23.7 Å². The van der Waals surface area contributed by atoms with Crippen LogP contribution < -0.4 is 0 Å². The van der Waals surface area contributed by atoms with Crippen molar-refractivity contribution < 1.29 is 5.11 Å². The smallest absolute Gasteiger partial charge is 0.112 e. The summed E-state index contributed by atoms with van der Waals surface area (Å²) in [5.74, 6) is 0.753. The number of hydrogen-bond acceptors (Lipinski definition) is 3. The molecule has 4 nitrogen and oxygen atoms in total. The van der Waals surface area contributed by atoms with Gasteiger partial charge in [0.05, 0.1) is 23.0 Å². The summed E-state index contributed by atoms with van der Waals surface area (Å²) in [6.07, 6.45) is 6.91. The number of hydrogen-bond donors (Lipinski definition) is 1. The molecule has 4 heteroatoms. The molecule has 1 saturated carbocycles. The van der Waals surface area contributed by atoms with Gasteiger partial charge in [-0.2, -0.15) is 10.4 Å². The monoisotopic (exact) mass is 373 g/mol. The molecular formula is C24H27N3O. The number of fused-ring (bicyclic) bond motifs is 4. The lowest BCUT2D eigenvalue weighted by Crippen LogP contribution is -2.50. The van der Waals surface area contributed by atoms with Crippen molar-refractivity contribution in [2.24, 2.45) is 18.4 Å². The number of aromatic nitrogens is 2. The number of nitrogens with zero attached hydrogens (tertiary/aromatic N) is 3. The SMILES string of the molecule is Cn1nc2c(c1-c1ccccc1)CC[C@H]1C3(CCCC3)C(O)=C(C#N)C[C@]21C. The van der Waals surface area contributed by atoms with Gasteiger partial charge in [0.2, 0.25) is 0 Å². The van der Waals surface area contributed by atoms with Crippen LogP contribution in [0.15, 0.2) is 41.7 Å². The molecule has 0 unspecified atom stereocenters. The maximum atomic E-state index is 11.1. The van der Waals surface area contributed by atoms with Gasteiger partial charge in [-0.25, -0.2) is 0 Å². The quantitative estimate of drug-likeness (QED) is 0.747. The predicted molar refractivity (Wildman–Crippen MR) is 109 cm³/mol. The van der Waals surface area contributed by atoms with Gasteiger partial charge >= 0.3 is 0 Å². The topological polar surface area (TPSA) is 61.8 Å². The molecule has 1 aromatic carbocycles. The summed E-state index contributed by atoms with van der Waals surface area (Å²) < 4.78 is 2.03. The fraction of sp³-hybridized carbons (Fsp3) is 0.500. The Morgan fingerprint density at radius 1 is 1.21 bits per heavy atom. The first-order chi connectivity index (χ1) is 13.5. The molecule has 0 amide bonds. The molecule has 0 aliphatic heterocycles. The molecule has 1 aromatic heterocycles. The van der Waals surface area contributed by atoms with Crippen molar-refractivity contribution in [3.8, 4) is 17.3 Å². The molecule has 0 bridgehead atoms. The Morgan fingerprint density at radius 3 is 2.61 bits per heavy atom. The van der Waals surface area contributed by atoms with Crippen LogP contribution in [0.3, 0.4) is 0 Å². The highest BCUT2D eigenvalue weighted by Crippen LogP contribution is 2.64. The number of aliphatic hydroxyl groups excluding tert-OH is 1. The Hall–Kier alpha value is -2.54. The molecule has 3 aliphatic rings. The molecule has 2 aromatic rings. The highest BCUT2D eigenvalue weighted by Gasteiger charge is 2.59. The number of nitriles is 1. The second-order valence-corrected chi connectivity index (χ2v) is 9.15. The molecule has 5 rings (SSSR count). The first-order valence-electron chi connectivity index (χ1n) is 10.5. The Labute approximate surface area is 166 Å². The molecule has 1 fully saturated rings. The van der Waals surface area contributed by atoms with E-state index in [-0.39, 0.29) is 10.8 Å². The number of aliphatic hydroxyl groups is 1. The molecule has 0 radical (unpaired) electrons. The first-order valence-corrected chi connectivity index (χ1v) is 10.5. The first kappa shape index (κ1) is 17.6. The second kappa shape index (κ2) is 5.98. The fourth-order valence-electron chi connectivity index (χ4n) is 6.69. The van der Waals surface area contributed by atoms with Crippen molar-refractivity contribution in [2.45, 2.75) is 57.3 Å². The van der Waals surface area contributed by atoms with Gasteiger partial charge in [-0.1, -0.05) is 50.1 Å². The zero-order chi connectivity index (χ0) is 19.5. The molecule has 1 spiro atoms. The summed E-state index contributed by atoms with van der Waals surface area (Å²) in [6.45, 7) is 2.29. The highest BCUT2D eigenvalue weighted by atomic mass is 16.3. The van der Waals surface area contributed by atoms with Crippen LogP contribution >= 0.6 is 0 Å². The maximum Gasteiger partial charge on any atom is 0.112 e. The van der Waals surface area contributed by atoms with Gasteiger partial charge in [0.15, 0.2) is 0 Å². The number of benzene rings is 1. The summed E-state index contributed by atoms with van der Waals surface area (Å²) in [5, 5.41) is 25.9. The molecule has 2 atom stereocenters. The van der Waals surface area contributed by atoms with Gasteiger partial charge in [-0.3, -0.25) is 4.68 Å². The Balaban J connectivity index is 1.71. The van der Waals surface area contributed by atoms with Crippen LogP contribution in [0.5, 0.6) is 0 Å². The average molecular weight is 374 g/mol. The summed E-state index contributed by atoms with van der Waals surface area (Å²) >= 11 is 0. The fourth-order valence-corrected chi connectivity index (χ4v) is 6.69. The molecular weight excluding hydrogens is 346 g/mol. The van der Waals surface area contributed by atoms with Gasteiger partial charge in [-0.15, -0.1) is 0 Å². The van der Waals surface area contributed by atoms with Gasteiger partial charge in [0, 0.05) is 29.0 Å². The van der Waals surface area contributed by atoms with E-state index in [0.717, 1.165) is 44.2 Å². The number of aryl methyl sites for hydroxylation is 1. The molecule has 3 aliphatic carbocycles. The van der Waals surface area contributed by atoms with E-state index >= 15 is 0 Å². The lowest BCUT2D eigenvalue weighted by atomic mass is 9.50. The largest absolute Gasteiger partial charge is 0.511 e. The number of rotatable bonds is 1. The third-order valence-electron chi connectivity index (χ3n) is 7.78. The molecule has 28 heavy (non-hydrogen) atoms. The minimum Gasteiger partial charge on any atom is -0.511 e. The van der Waals surface area contributed by atoms with Crippen molar-refractivity contribution in [2.75, 3.05) is 0 Å². The van der Waals surface area contributed by atoms with Gasteiger partial charge in [0.25, 0.3) is 0 Å². The normalized spacial score (nSPS) is 28.1. The van der Waals surface area contributed by atoms with Crippen LogP contribution in [0, 0.1) is 22.7 Å². The van der Waals surface area contributed by atoms with Crippen LogP contribution in [0.25, 0.3) is 11.3 Å². The lowest BCUT2D eigenvalue weighted by Gasteiger charge is -2.53. The molecule has 0 saturated heterocycles. The van der Waals surface area contributed by atoms with E-state index in [2.05, 4.69) is 37.3 Å². The second-order valence-electron chi connectivity index (χ2n) is 9.15. The summed E-state index contributed by atoms with van der Waals surface area (Å²) in [7, 11) is 2.03. The van der Waals surface area contributed by atoms with E-state index in [1.54, 1.807) is 0 Å². The standard InChI is InChI=1S/C24H27N3O/c1-23-14-17(15-25)22(28)24(12-6-7-13-24)19(23)11-10-18-20(27(2)26-21(18)23)16-8-4-3-5-9-16/h3-5,8-9,19,28H,6-7,10-14H2,1-2H3/t19-,23+/m1/s1. The Morgan fingerprint density at radius 2 is 1.93 bits per heavy atom.